The van der Waals surface area contributed by atoms with Gasteiger partial charge in [-0.25, -0.2) is 9.67 Å². The van der Waals surface area contributed by atoms with Crippen molar-refractivity contribution in [1.29, 1.82) is 0 Å². The molecular formula is C10H20N4. The number of aromatic nitrogens is 3. The average Bonchev–Trinajstić information content (AvgIpc) is 2.45. The monoisotopic (exact) mass is 196 g/mol. The van der Waals surface area contributed by atoms with Crippen LogP contribution in [0.4, 0.5) is 0 Å². The van der Waals surface area contributed by atoms with Crippen molar-refractivity contribution in [3.63, 3.8) is 0 Å². The van der Waals surface area contributed by atoms with E-state index in [9.17, 15) is 0 Å². The van der Waals surface area contributed by atoms with Gasteiger partial charge in [0.25, 0.3) is 0 Å². The molecule has 0 spiro atoms. The maximum atomic E-state index is 4.37. The molecule has 0 fully saturated rings. The van der Waals surface area contributed by atoms with Crippen LogP contribution in [-0.2, 0) is 0 Å². The molecule has 0 saturated carbocycles. The summed E-state index contributed by atoms with van der Waals surface area (Å²) in [6.45, 7) is 7.20. The van der Waals surface area contributed by atoms with E-state index in [1.165, 1.54) is 6.42 Å². The summed E-state index contributed by atoms with van der Waals surface area (Å²) in [5.41, 5.74) is 0. The first-order valence-electron chi connectivity index (χ1n) is 5.19. The second-order valence-corrected chi connectivity index (χ2v) is 3.75. The summed E-state index contributed by atoms with van der Waals surface area (Å²) >= 11 is 0. The Balaban J connectivity index is 2.51. The Bertz CT molecular complexity index is 280. The van der Waals surface area contributed by atoms with Crippen LogP contribution in [-0.4, -0.2) is 28.4 Å². The van der Waals surface area contributed by atoms with Gasteiger partial charge in [0.2, 0.25) is 0 Å². The summed E-state index contributed by atoms with van der Waals surface area (Å²) < 4.78 is 2.02. The summed E-state index contributed by atoms with van der Waals surface area (Å²) in [5, 5.41) is 7.52. The maximum absolute atomic E-state index is 4.37. The number of rotatable bonds is 5. The largest absolute Gasteiger partial charge is 0.320 e. The molecule has 4 nitrogen and oxygen atoms in total. The molecule has 14 heavy (non-hydrogen) atoms. The zero-order chi connectivity index (χ0) is 10.6. The second kappa shape index (κ2) is 5.10. The normalized spacial score (nSPS) is 13.1. The first kappa shape index (κ1) is 11.2. The van der Waals surface area contributed by atoms with Gasteiger partial charge in [0.15, 0.2) is 0 Å². The lowest BCUT2D eigenvalue weighted by molar-refractivity contribution is 0.431. The molecule has 80 valence electrons. The van der Waals surface area contributed by atoms with Crippen LogP contribution in [0.1, 0.15) is 37.5 Å². The molecular weight excluding hydrogens is 176 g/mol. The van der Waals surface area contributed by atoms with Crippen LogP contribution in [0.25, 0.3) is 0 Å². The van der Waals surface area contributed by atoms with Crippen molar-refractivity contribution in [1.82, 2.24) is 20.1 Å². The van der Waals surface area contributed by atoms with Crippen molar-refractivity contribution in [3.05, 3.63) is 11.6 Å². The smallest absolute Gasteiger partial charge is 0.147 e. The molecule has 1 heterocycles. The van der Waals surface area contributed by atoms with Gasteiger partial charge in [-0.1, -0.05) is 0 Å². The number of nitrogens with one attached hydrogen (secondary N) is 1. The van der Waals surface area contributed by atoms with Gasteiger partial charge in [0, 0.05) is 0 Å². The minimum Gasteiger partial charge on any atom is -0.320 e. The molecule has 0 aliphatic carbocycles. The molecule has 1 atom stereocenters. The molecule has 4 heteroatoms. The van der Waals surface area contributed by atoms with Crippen LogP contribution in [0.2, 0.25) is 0 Å². The van der Waals surface area contributed by atoms with Crippen LogP contribution >= 0.6 is 0 Å². The Morgan fingerprint density at radius 2 is 2.14 bits per heavy atom. The van der Waals surface area contributed by atoms with Gasteiger partial charge < -0.3 is 5.32 Å². The molecule has 1 aromatic heterocycles. The van der Waals surface area contributed by atoms with Gasteiger partial charge in [-0.15, -0.1) is 0 Å². The van der Waals surface area contributed by atoms with Crippen LogP contribution in [0.15, 0.2) is 0 Å². The predicted molar refractivity (Wildman–Crippen MR) is 57.4 cm³/mol. The fourth-order valence-electron chi connectivity index (χ4n) is 1.65. The van der Waals surface area contributed by atoms with Crippen LogP contribution in [0.5, 0.6) is 0 Å². The second-order valence-electron chi connectivity index (χ2n) is 3.75. The lowest BCUT2D eigenvalue weighted by Gasteiger charge is -2.12. The quantitative estimate of drug-likeness (QED) is 0.725. The zero-order valence-corrected chi connectivity index (χ0v) is 9.54. The van der Waals surface area contributed by atoms with E-state index in [0.29, 0.717) is 6.04 Å². The molecule has 1 N–H and O–H groups in total. The summed E-state index contributed by atoms with van der Waals surface area (Å²) in [7, 11) is 1.98. The third kappa shape index (κ3) is 2.80. The molecule has 0 aliphatic heterocycles. The van der Waals surface area contributed by atoms with Crippen molar-refractivity contribution < 1.29 is 0 Å². The highest BCUT2D eigenvalue weighted by molar-refractivity contribution is 4.89. The molecule has 0 aliphatic rings. The third-order valence-corrected chi connectivity index (χ3v) is 2.37. The van der Waals surface area contributed by atoms with Crippen molar-refractivity contribution in [3.8, 4) is 0 Å². The number of hydrogen-bond donors (Lipinski definition) is 1. The Hall–Kier alpha value is -0.900. The molecule has 1 unspecified atom stereocenters. The summed E-state index contributed by atoms with van der Waals surface area (Å²) in [6.07, 6.45) is 2.32. The van der Waals surface area contributed by atoms with Crippen molar-refractivity contribution in [2.75, 3.05) is 13.6 Å². The van der Waals surface area contributed by atoms with E-state index < -0.39 is 0 Å². The molecule has 1 aromatic rings. The van der Waals surface area contributed by atoms with E-state index in [0.717, 1.165) is 24.6 Å². The maximum Gasteiger partial charge on any atom is 0.147 e. The van der Waals surface area contributed by atoms with E-state index in [2.05, 4.69) is 22.3 Å². The number of aryl methyl sites for hydroxylation is 2. The highest BCUT2D eigenvalue weighted by Gasteiger charge is 2.09. The Morgan fingerprint density at radius 3 is 2.64 bits per heavy atom. The number of nitrogens with zero attached hydrogens (tertiary/aromatic N) is 3. The predicted octanol–water partition coefficient (Wildman–Crippen LogP) is 1.46. The fraction of sp³-hybridized carbons (Fsp3) is 0.800. The SMILES string of the molecule is CNCCCC(C)n1nc(C)nc1C. The third-order valence-electron chi connectivity index (χ3n) is 2.37. The van der Waals surface area contributed by atoms with Crippen LogP contribution < -0.4 is 5.32 Å². The first-order chi connectivity index (χ1) is 6.65. The van der Waals surface area contributed by atoms with Gasteiger partial charge in [-0.05, 0) is 47.2 Å². The van der Waals surface area contributed by atoms with Crippen molar-refractivity contribution >= 4 is 0 Å². The first-order valence-corrected chi connectivity index (χ1v) is 5.19. The van der Waals surface area contributed by atoms with E-state index >= 15 is 0 Å². The van der Waals surface area contributed by atoms with Gasteiger partial charge in [-0.3, -0.25) is 0 Å². The summed E-state index contributed by atoms with van der Waals surface area (Å²) in [4.78, 5) is 4.30. The Labute approximate surface area is 85.7 Å². The van der Waals surface area contributed by atoms with E-state index in [-0.39, 0.29) is 0 Å². The van der Waals surface area contributed by atoms with Gasteiger partial charge in [0.05, 0.1) is 6.04 Å². The minimum atomic E-state index is 0.449. The lowest BCUT2D eigenvalue weighted by atomic mass is 10.2. The van der Waals surface area contributed by atoms with E-state index in [1.807, 2.05) is 25.6 Å². The van der Waals surface area contributed by atoms with Crippen LogP contribution in [0, 0.1) is 13.8 Å². The van der Waals surface area contributed by atoms with Crippen molar-refractivity contribution in [2.45, 2.75) is 39.7 Å². The average molecular weight is 196 g/mol. The van der Waals surface area contributed by atoms with Gasteiger partial charge in [-0.2, -0.15) is 5.10 Å². The standard InChI is InChI=1S/C10H20N4/c1-8(6-5-7-11-4)14-10(3)12-9(2)13-14/h8,11H,5-7H2,1-4H3. The summed E-state index contributed by atoms with van der Waals surface area (Å²) in [6, 6.07) is 0.449. The molecule has 0 radical (unpaired) electrons. The number of hydrogen-bond acceptors (Lipinski definition) is 3. The topological polar surface area (TPSA) is 42.7 Å². The Kier molecular flexibility index (Phi) is 4.07. The summed E-state index contributed by atoms with van der Waals surface area (Å²) in [5.74, 6) is 1.88. The van der Waals surface area contributed by atoms with E-state index in [1.54, 1.807) is 0 Å². The van der Waals surface area contributed by atoms with Gasteiger partial charge in [0.1, 0.15) is 11.6 Å². The highest BCUT2D eigenvalue weighted by Crippen LogP contribution is 2.13. The molecule has 0 amide bonds. The highest BCUT2D eigenvalue weighted by atomic mass is 15.4. The fourth-order valence-corrected chi connectivity index (χ4v) is 1.65. The lowest BCUT2D eigenvalue weighted by Crippen LogP contribution is -2.13. The van der Waals surface area contributed by atoms with Crippen LogP contribution in [0.3, 0.4) is 0 Å². The molecule has 0 aromatic carbocycles. The zero-order valence-electron chi connectivity index (χ0n) is 9.54. The minimum absolute atomic E-state index is 0.449. The van der Waals surface area contributed by atoms with Gasteiger partial charge >= 0.3 is 0 Å². The molecule has 0 saturated heterocycles. The Morgan fingerprint density at radius 1 is 1.43 bits per heavy atom. The van der Waals surface area contributed by atoms with Crippen molar-refractivity contribution in [2.24, 2.45) is 0 Å². The van der Waals surface area contributed by atoms with E-state index in [4.69, 9.17) is 0 Å². The molecule has 1 rings (SSSR count). The molecule has 0 bridgehead atoms.